The maximum absolute atomic E-state index is 13.2. The minimum absolute atomic E-state index is 0.0552. The van der Waals surface area contributed by atoms with Gasteiger partial charge in [0.15, 0.2) is 11.6 Å². The van der Waals surface area contributed by atoms with Crippen molar-refractivity contribution < 1.29 is 23.0 Å². The van der Waals surface area contributed by atoms with Crippen molar-refractivity contribution in [2.24, 2.45) is 0 Å². The number of halogens is 3. The first-order valence-electron chi connectivity index (χ1n) is 6.01. The van der Waals surface area contributed by atoms with E-state index in [2.05, 4.69) is 0 Å². The van der Waals surface area contributed by atoms with E-state index in [0.29, 0.717) is 11.1 Å². The van der Waals surface area contributed by atoms with Gasteiger partial charge in [0.05, 0.1) is 6.10 Å². The molecular formula is C15H13F3O2. The molecule has 2 rings (SSSR count). The summed E-state index contributed by atoms with van der Waals surface area (Å²) in [4.78, 5) is 0. The SMILES string of the molecule is C[C@H](O)c1ccc(F)cc1OCc1ccc(F)c(F)c1. The number of aliphatic hydroxyl groups is 1. The van der Waals surface area contributed by atoms with Crippen LogP contribution in [0.25, 0.3) is 0 Å². The molecule has 0 saturated heterocycles. The minimum Gasteiger partial charge on any atom is -0.488 e. The first-order chi connectivity index (χ1) is 9.47. The fourth-order valence-corrected chi connectivity index (χ4v) is 1.77. The molecule has 0 amide bonds. The Kier molecular flexibility index (Phi) is 4.29. The Bertz CT molecular complexity index is 612. The van der Waals surface area contributed by atoms with Crippen LogP contribution in [0.3, 0.4) is 0 Å². The summed E-state index contributed by atoms with van der Waals surface area (Å²) in [6, 6.07) is 7.15. The van der Waals surface area contributed by atoms with Crippen molar-refractivity contribution in [1.29, 1.82) is 0 Å². The largest absolute Gasteiger partial charge is 0.488 e. The third-order valence-electron chi connectivity index (χ3n) is 2.80. The highest BCUT2D eigenvalue weighted by Gasteiger charge is 2.11. The van der Waals surface area contributed by atoms with E-state index in [-0.39, 0.29) is 12.4 Å². The van der Waals surface area contributed by atoms with Crippen molar-refractivity contribution in [2.75, 3.05) is 0 Å². The Hall–Kier alpha value is -2.01. The third kappa shape index (κ3) is 3.30. The van der Waals surface area contributed by atoms with Crippen LogP contribution in [0.5, 0.6) is 5.75 Å². The third-order valence-corrected chi connectivity index (χ3v) is 2.80. The summed E-state index contributed by atoms with van der Waals surface area (Å²) >= 11 is 0. The van der Waals surface area contributed by atoms with Crippen LogP contribution in [0.1, 0.15) is 24.2 Å². The van der Waals surface area contributed by atoms with Crippen molar-refractivity contribution in [3.05, 3.63) is 65.0 Å². The number of rotatable bonds is 4. The Labute approximate surface area is 114 Å². The highest BCUT2D eigenvalue weighted by atomic mass is 19.2. The van der Waals surface area contributed by atoms with Crippen LogP contribution < -0.4 is 4.74 Å². The van der Waals surface area contributed by atoms with Gasteiger partial charge >= 0.3 is 0 Å². The molecule has 106 valence electrons. The van der Waals surface area contributed by atoms with Crippen molar-refractivity contribution in [1.82, 2.24) is 0 Å². The van der Waals surface area contributed by atoms with E-state index >= 15 is 0 Å². The Balaban J connectivity index is 2.17. The summed E-state index contributed by atoms with van der Waals surface area (Å²) in [5, 5.41) is 9.56. The van der Waals surface area contributed by atoms with Gasteiger partial charge in [-0.2, -0.15) is 0 Å². The molecule has 1 atom stereocenters. The van der Waals surface area contributed by atoms with E-state index in [0.717, 1.165) is 18.2 Å². The van der Waals surface area contributed by atoms with Gasteiger partial charge in [0.25, 0.3) is 0 Å². The number of aliphatic hydroxyl groups excluding tert-OH is 1. The molecule has 0 unspecified atom stereocenters. The second kappa shape index (κ2) is 5.96. The Morgan fingerprint density at radius 2 is 1.80 bits per heavy atom. The molecule has 5 heteroatoms. The summed E-state index contributed by atoms with van der Waals surface area (Å²) in [5.41, 5.74) is 0.832. The minimum atomic E-state index is -0.971. The van der Waals surface area contributed by atoms with Crippen LogP contribution in [0.2, 0.25) is 0 Å². The molecule has 1 N–H and O–H groups in total. The lowest BCUT2D eigenvalue weighted by atomic mass is 10.1. The fraction of sp³-hybridized carbons (Fsp3) is 0.200. The lowest BCUT2D eigenvalue weighted by molar-refractivity contribution is 0.189. The van der Waals surface area contributed by atoms with Gasteiger partial charge < -0.3 is 9.84 Å². The lowest BCUT2D eigenvalue weighted by Gasteiger charge is -2.13. The van der Waals surface area contributed by atoms with Crippen LogP contribution in [0.4, 0.5) is 13.2 Å². The molecule has 0 heterocycles. The Morgan fingerprint density at radius 1 is 1.05 bits per heavy atom. The molecule has 2 aromatic carbocycles. The predicted molar refractivity (Wildman–Crippen MR) is 67.7 cm³/mol. The van der Waals surface area contributed by atoms with Crippen LogP contribution >= 0.6 is 0 Å². The summed E-state index contributed by atoms with van der Waals surface area (Å²) in [7, 11) is 0. The van der Waals surface area contributed by atoms with Gasteiger partial charge in [-0.1, -0.05) is 6.07 Å². The molecule has 0 aliphatic carbocycles. The van der Waals surface area contributed by atoms with E-state index in [1.807, 2.05) is 0 Å². The summed E-state index contributed by atoms with van der Waals surface area (Å²) in [6.07, 6.45) is -0.824. The lowest BCUT2D eigenvalue weighted by Crippen LogP contribution is -2.02. The predicted octanol–water partition coefficient (Wildman–Crippen LogP) is 3.74. The second-order valence-corrected chi connectivity index (χ2v) is 4.40. The van der Waals surface area contributed by atoms with E-state index in [1.165, 1.54) is 25.1 Å². The van der Waals surface area contributed by atoms with E-state index in [1.54, 1.807) is 0 Å². The zero-order valence-electron chi connectivity index (χ0n) is 10.7. The molecule has 0 fully saturated rings. The van der Waals surface area contributed by atoms with E-state index in [4.69, 9.17) is 4.74 Å². The highest BCUT2D eigenvalue weighted by molar-refractivity contribution is 5.35. The number of ether oxygens (including phenoxy) is 1. The van der Waals surface area contributed by atoms with Crippen LogP contribution in [-0.4, -0.2) is 5.11 Å². The quantitative estimate of drug-likeness (QED) is 0.925. The average Bonchev–Trinajstić information content (AvgIpc) is 2.40. The highest BCUT2D eigenvalue weighted by Crippen LogP contribution is 2.26. The van der Waals surface area contributed by atoms with Crippen molar-refractivity contribution in [3.63, 3.8) is 0 Å². The van der Waals surface area contributed by atoms with Gasteiger partial charge in [-0.15, -0.1) is 0 Å². The van der Waals surface area contributed by atoms with Gasteiger partial charge in [-0.05, 0) is 36.8 Å². The number of hydrogen-bond donors (Lipinski definition) is 1. The first-order valence-corrected chi connectivity index (χ1v) is 6.01. The summed E-state index contributed by atoms with van der Waals surface area (Å²) < 4.78 is 44.4. The van der Waals surface area contributed by atoms with Crippen molar-refractivity contribution in [2.45, 2.75) is 19.6 Å². The topological polar surface area (TPSA) is 29.5 Å². The Morgan fingerprint density at radius 3 is 2.45 bits per heavy atom. The average molecular weight is 282 g/mol. The number of benzene rings is 2. The molecule has 0 aliphatic heterocycles. The van der Waals surface area contributed by atoms with Crippen LogP contribution in [0.15, 0.2) is 36.4 Å². The van der Waals surface area contributed by atoms with Gasteiger partial charge in [-0.25, -0.2) is 13.2 Å². The monoisotopic (exact) mass is 282 g/mol. The van der Waals surface area contributed by atoms with E-state index < -0.39 is 23.6 Å². The number of hydrogen-bond acceptors (Lipinski definition) is 2. The van der Waals surface area contributed by atoms with Gasteiger partial charge in [-0.3, -0.25) is 0 Å². The van der Waals surface area contributed by atoms with Gasteiger partial charge in [0.2, 0.25) is 0 Å². The smallest absolute Gasteiger partial charge is 0.159 e. The maximum atomic E-state index is 13.2. The molecule has 0 saturated carbocycles. The second-order valence-electron chi connectivity index (χ2n) is 4.40. The van der Waals surface area contributed by atoms with Gasteiger partial charge in [0, 0.05) is 11.6 Å². The molecule has 0 bridgehead atoms. The maximum Gasteiger partial charge on any atom is 0.159 e. The molecule has 2 aromatic rings. The van der Waals surface area contributed by atoms with E-state index in [9.17, 15) is 18.3 Å². The standard InChI is InChI=1S/C15H13F3O2/c1-9(19)12-4-3-11(16)7-15(12)20-8-10-2-5-13(17)14(18)6-10/h2-7,9,19H,8H2,1H3/t9-/m0/s1. The van der Waals surface area contributed by atoms with Gasteiger partial charge in [0.1, 0.15) is 18.2 Å². The fourth-order valence-electron chi connectivity index (χ4n) is 1.77. The van der Waals surface area contributed by atoms with Crippen LogP contribution in [-0.2, 0) is 6.61 Å². The molecule has 2 nitrogen and oxygen atoms in total. The molecular weight excluding hydrogens is 269 g/mol. The zero-order chi connectivity index (χ0) is 14.7. The van der Waals surface area contributed by atoms with Crippen LogP contribution in [0, 0.1) is 17.5 Å². The summed E-state index contributed by atoms with van der Waals surface area (Å²) in [6.45, 7) is 1.47. The summed E-state index contributed by atoms with van der Waals surface area (Å²) in [5.74, 6) is -2.25. The molecule has 0 aliphatic rings. The molecule has 0 radical (unpaired) electrons. The zero-order valence-corrected chi connectivity index (χ0v) is 10.7. The molecule has 0 spiro atoms. The van der Waals surface area contributed by atoms with Crippen molar-refractivity contribution >= 4 is 0 Å². The molecule has 0 aromatic heterocycles. The normalized spacial score (nSPS) is 12.2. The molecule has 20 heavy (non-hydrogen) atoms. The first kappa shape index (κ1) is 14.4. The van der Waals surface area contributed by atoms with Crippen molar-refractivity contribution in [3.8, 4) is 5.75 Å².